The molecule has 142 valence electrons. The van der Waals surface area contributed by atoms with Gasteiger partial charge in [0.2, 0.25) is 5.91 Å². The normalized spacial score (nSPS) is 27.0. The highest BCUT2D eigenvalue weighted by atomic mass is 16.5. The molecule has 3 N–H and O–H groups in total. The van der Waals surface area contributed by atoms with Gasteiger partial charge < -0.3 is 14.7 Å². The topological polar surface area (TPSA) is 73.8 Å². The summed E-state index contributed by atoms with van der Waals surface area (Å²) in [5.41, 5.74) is 8.31. The van der Waals surface area contributed by atoms with Gasteiger partial charge in [-0.2, -0.15) is 0 Å². The fourth-order valence-electron chi connectivity index (χ4n) is 4.41. The van der Waals surface area contributed by atoms with Crippen molar-refractivity contribution >= 4 is 5.91 Å². The van der Waals surface area contributed by atoms with Crippen LogP contribution in [-0.2, 0) is 4.79 Å². The van der Waals surface area contributed by atoms with Crippen LogP contribution in [0.2, 0.25) is 0 Å². The quantitative estimate of drug-likeness (QED) is 0.757. The van der Waals surface area contributed by atoms with Crippen molar-refractivity contribution in [1.82, 2.24) is 15.8 Å². The van der Waals surface area contributed by atoms with Crippen LogP contribution in [0.1, 0.15) is 36.6 Å². The van der Waals surface area contributed by atoms with Crippen molar-refractivity contribution in [1.29, 1.82) is 0 Å². The van der Waals surface area contributed by atoms with Crippen molar-refractivity contribution in [3.05, 3.63) is 59.7 Å². The number of phenols is 1. The van der Waals surface area contributed by atoms with E-state index < -0.39 is 0 Å². The Labute approximate surface area is 159 Å². The molecule has 6 heteroatoms. The number of rotatable bonds is 5. The van der Waals surface area contributed by atoms with E-state index in [0.717, 1.165) is 23.3 Å². The van der Waals surface area contributed by atoms with Crippen LogP contribution in [0, 0.1) is 5.92 Å². The van der Waals surface area contributed by atoms with Crippen molar-refractivity contribution in [2.75, 3.05) is 13.7 Å². The van der Waals surface area contributed by atoms with Gasteiger partial charge in [-0.05, 0) is 30.2 Å². The lowest BCUT2D eigenvalue weighted by Gasteiger charge is -2.31. The highest BCUT2D eigenvalue weighted by Gasteiger charge is 2.55. The van der Waals surface area contributed by atoms with Crippen LogP contribution < -0.4 is 15.6 Å². The molecule has 1 amide bonds. The number of likely N-dealkylation sites (tertiary alicyclic amines) is 1. The predicted molar refractivity (Wildman–Crippen MR) is 102 cm³/mol. The zero-order valence-corrected chi connectivity index (χ0v) is 15.6. The molecule has 6 nitrogen and oxygen atoms in total. The first kappa shape index (κ1) is 17.8. The molecule has 0 saturated carbocycles. The van der Waals surface area contributed by atoms with Gasteiger partial charge in [-0.25, -0.2) is 10.9 Å². The lowest BCUT2D eigenvalue weighted by atomic mass is 9.83. The minimum absolute atomic E-state index is 0.0225. The molecule has 2 fully saturated rings. The number of methoxy groups -OCH3 is 1. The fourth-order valence-corrected chi connectivity index (χ4v) is 4.41. The number of nitrogens with one attached hydrogen (secondary N) is 2. The van der Waals surface area contributed by atoms with Crippen LogP contribution in [-0.4, -0.2) is 35.6 Å². The molecule has 2 aromatic rings. The number of carbonyl (C=O) groups is 1. The van der Waals surface area contributed by atoms with Gasteiger partial charge in [0.1, 0.15) is 17.5 Å². The molecular formula is C21H25N3O3. The molecule has 2 heterocycles. The molecule has 4 atom stereocenters. The Morgan fingerprint density at radius 3 is 2.44 bits per heavy atom. The standard InChI is InChI=1S/C21H25N3O3/c1-3-12-24-20(13-8-10-14(27-2)11-9-13)17-18(22-23-19(17)21(24)26)15-6-4-5-7-16(15)25/h4-11,17-20,22-23,25H,3,12H2,1-2H3. The van der Waals surface area contributed by atoms with Gasteiger partial charge in [0.05, 0.1) is 19.2 Å². The van der Waals surface area contributed by atoms with Gasteiger partial charge in [-0.3, -0.25) is 4.79 Å². The maximum absolute atomic E-state index is 13.1. The Balaban J connectivity index is 1.76. The third-order valence-electron chi connectivity index (χ3n) is 5.61. The first-order chi connectivity index (χ1) is 13.2. The lowest BCUT2D eigenvalue weighted by Crippen LogP contribution is -2.41. The minimum atomic E-state index is -0.312. The first-order valence-electron chi connectivity index (χ1n) is 9.39. The number of carbonyl (C=O) groups excluding carboxylic acids is 1. The molecular weight excluding hydrogens is 342 g/mol. The Morgan fingerprint density at radius 1 is 1.07 bits per heavy atom. The van der Waals surface area contributed by atoms with E-state index in [0.29, 0.717) is 6.54 Å². The summed E-state index contributed by atoms with van der Waals surface area (Å²) in [6, 6.07) is 14.7. The number of para-hydroxylation sites is 1. The zero-order chi connectivity index (χ0) is 19.0. The number of phenolic OH excluding ortho intramolecular Hbond substituents is 1. The van der Waals surface area contributed by atoms with Crippen molar-refractivity contribution in [3.63, 3.8) is 0 Å². The van der Waals surface area contributed by atoms with Crippen molar-refractivity contribution < 1.29 is 14.6 Å². The largest absolute Gasteiger partial charge is 0.508 e. The van der Waals surface area contributed by atoms with Crippen molar-refractivity contribution in [2.45, 2.75) is 31.5 Å². The Kier molecular flexibility index (Phi) is 4.76. The number of aromatic hydroxyl groups is 1. The molecule has 2 saturated heterocycles. The Morgan fingerprint density at radius 2 is 1.78 bits per heavy atom. The van der Waals surface area contributed by atoms with Crippen LogP contribution in [0.5, 0.6) is 11.5 Å². The molecule has 27 heavy (non-hydrogen) atoms. The van der Waals surface area contributed by atoms with Gasteiger partial charge in [-0.15, -0.1) is 0 Å². The summed E-state index contributed by atoms with van der Waals surface area (Å²) in [5.74, 6) is 1.12. The predicted octanol–water partition coefficient (Wildman–Crippen LogP) is 2.53. The number of amides is 1. The molecule has 2 aliphatic heterocycles. The maximum atomic E-state index is 13.1. The number of hydrogen-bond donors (Lipinski definition) is 3. The zero-order valence-electron chi connectivity index (χ0n) is 15.6. The average molecular weight is 367 g/mol. The van der Waals surface area contributed by atoms with Gasteiger partial charge in [0, 0.05) is 18.0 Å². The van der Waals surface area contributed by atoms with Crippen molar-refractivity contribution in [3.8, 4) is 11.5 Å². The highest BCUT2D eigenvalue weighted by molar-refractivity contribution is 5.86. The summed E-state index contributed by atoms with van der Waals surface area (Å²) in [6.07, 6.45) is 0.895. The summed E-state index contributed by atoms with van der Waals surface area (Å²) < 4.78 is 5.28. The smallest absolute Gasteiger partial charge is 0.242 e. The molecule has 2 aromatic carbocycles. The van der Waals surface area contributed by atoms with Crippen LogP contribution in [0.15, 0.2) is 48.5 Å². The van der Waals surface area contributed by atoms with E-state index in [2.05, 4.69) is 17.8 Å². The molecule has 0 bridgehead atoms. The number of fused-ring (bicyclic) bond motifs is 1. The van der Waals surface area contributed by atoms with Crippen molar-refractivity contribution in [2.24, 2.45) is 5.92 Å². The lowest BCUT2D eigenvalue weighted by molar-refractivity contribution is -0.130. The summed E-state index contributed by atoms with van der Waals surface area (Å²) in [7, 11) is 1.65. The molecule has 4 unspecified atom stereocenters. The minimum Gasteiger partial charge on any atom is -0.508 e. The molecule has 0 aromatic heterocycles. The number of nitrogens with zero attached hydrogens (tertiary/aromatic N) is 1. The summed E-state index contributed by atoms with van der Waals surface area (Å²) >= 11 is 0. The van der Waals surface area contributed by atoms with E-state index in [4.69, 9.17) is 4.74 Å². The highest BCUT2D eigenvalue weighted by Crippen LogP contribution is 2.48. The second-order valence-corrected chi connectivity index (χ2v) is 7.13. The Bertz CT molecular complexity index is 824. The van der Waals surface area contributed by atoms with Crippen LogP contribution in [0.25, 0.3) is 0 Å². The Hall–Kier alpha value is -2.57. The summed E-state index contributed by atoms with van der Waals surface area (Å²) in [4.78, 5) is 15.1. The fraction of sp³-hybridized carbons (Fsp3) is 0.381. The molecule has 2 aliphatic rings. The van der Waals surface area contributed by atoms with E-state index in [1.807, 2.05) is 47.4 Å². The van der Waals surface area contributed by atoms with Crippen LogP contribution in [0.4, 0.5) is 0 Å². The molecule has 4 rings (SSSR count). The van der Waals surface area contributed by atoms with Gasteiger partial charge in [0.25, 0.3) is 0 Å². The van der Waals surface area contributed by atoms with E-state index >= 15 is 0 Å². The SMILES string of the molecule is CCCN1C(=O)C2NNC(c3ccccc3O)C2C1c1ccc(OC)cc1. The monoisotopic (exact) mass is 367 g/mol. The summed E-state index contributed by atoms with van der Waals surface area (Å²) in [6.45, 7) is 2.79. The summed E-state index contributed by atoms with van der Waals surface area (Å²) in [5, 5.41) is 10.4. The van der Waals surface area contributed by atoms with E-state index in [9.17, 15) is 9.90 Å². The molecule has 0 spiro atoms. The third-order valence-corrected chi connectivity index (χ3v) is 5.61. The second kappa shape index (κ2) is 7.21. The number of ether oxygens (including phenoxy) is 1. The van der Waals surface area contributed by atoms with E-state index in [-0.39, 0.29) is 35.7 Å². The van der Waals surface area contributed by atoms with Crippen LogP contribution >= 0.6 is 0 Å². The van der Waals surface area contributed by atoms with E-state index in [1.165, 1.54) is 0 Å². The number of benzene rings is 2. The first-order valence-corrected chi connectivity index (χ1v) is 9.39. The third kappa shape index (κ3) is 2.95. The van der Waals surface area contributed by atoms with Gasteiger partial charge in [-0.1, -0.05) is 37.3 Å². The van der Waals surface area contributed by atoms with Gasteiger partial charge in [0.15, 0.2) is 0 Å². The number of hydrazine groups is 1. The van der Waals surface area contributed by atoms with Crippen LogP contribution in [0.3, 0.4) is 0 Å². The average Bonchev–Trinajstić information content (AvgIpc) is 3.23. The van der Waals surface area contributed by atoms with E-state index in [1.54, 1.807) is 13.2 Å². The number of hydrogen-bond acceptors (Lipinski definition) is 5. The second-order valence-electron chi connectivity index (χ2n) is 7.13. The van der Waals surface area contributed by atoms with Gasteiger partial charge >= 0.3 is 0 Å². The molecule has 0 aliphatic carbocycles. The maximum Gasteiger partial charge on any atom is 0.242 e. The molecule has 0 radical (unpaired) electrons.